The fourth-order valence-corrected chi connectivity index (χ4v) is 4.33. The van der Waals surface area contributed by atoms with Gasteiger partial charge in [-0.25, -0.2) is 0 Å². The topological polar surface area (TPSA) is 20.2 Å². The van der Waals surface area contributed by atoms with Crippen LogP contribution in [0, 0.1) is 11.3 Å². The van der Waals surface area contributed by atoms with Crippen LogP contribution in [0.25, 0.3) is 0 Å². The second-order valence-electron chi connectivity index (χ2n) is 7.77. The Kier molecular flexibility index (Phi) is 5.14. The molecule has 0 aromatic rings. The van der Waals surface area contributed by atoms with Gasteiger partial charge in [0.15, 0.2) is 0 Å². The van der Waals surface area contributed by atoms with E-state index in [1.165, 1.54) is 35.1 Å². The lowest BCUT2D eigenvalue weighted by molar-refractivity contribution is 0.0576. The van der Waals surface area contributed by atoms with Crippen molar-refractivity contribution in [3.8, 4) is 0 Å². The molecule has 2 rings (SSSR count). The van der Waals surface area contributed by atoms with E-state index in [-0.39, 0.29) is 11.5 Å². The van der Waals surface area contributed by atoms with Crippen LogP contribution in [0.4, 0.5) is 0 Å². The van der Waals surface area contributed by atoms with E-state index in [4.69, 9.17) is 0 Å². The monoisotopic (exact) mass is 288 g/mol. The largest absolute Gasteiger partial charge is 0.392 e. The summed E-state index contributed by atoms with van der Waals surface area (Å²) >= 11 is 0. The van der Waals surface area contributed by atoms with Gasteiger partial charge in [0.25, 0.3) is 0 Å². The summed E-state index contributed by atoms with van der Waals surface area (Å²) in [5, 5.41) is 10.9. The zero-order chi connectivity index (χ0) is 15.6. The SMILES string of the molecule is C=C1CC/C=C(\C)C[C@@H](O)[C@@H]2C(=C(C)C)CC[C@@]2(C)CC1. The van der Waals surface area contributed by atoms with Gasteiger partial charge in [-0.2, -0.15) is 0 Å². The third-order valence-corrected chi connectivity index (χ3v) is 5.69. The Balaban J connectivity index is 2.35. The summed E-state index contributed by atoms with van der Waals surface area (Å²) < 4.78 is 0. The molecule has 0 amide bonds. The number of hydrogen-bond donors (Lipinski definition) is 1. The maximum atomic E-state index is 10.9. The number of fused-ring (bicyclic) bond motifs is 1. The van der Waals surface area contributed by atoms with Gasteiger partial charge >= 0.3 is 0 Å². The van der Waals surface area contributed by atoms with E-state index >= 15 is 0 Å². The molecule has 2 aliphatic carbocycles. The van der Waals surface area contributed by atoms with E-state index in [0.717, 1.165) is 32.1 Å². The first-order valence-corrected chi connectivity index (χ1v) is 8.50. The van der Waals surface area contributed by atoms with Crippen molar-refractivity contribution < 1.29 is 5.11 Å². The molecule has 0 aromatic heterocycles. The predicted molar refractivity (Wildman–Crippen MR) is 91.2 cm³/mol. The van der Waals surface area contributed by atoms with Crippen LogP contribution in [0.3, 0.4) is 0 Å². The first-order chi connectivity index (χ1) is 9.83. The van der Waals surface area contributed by atoms with E-state index in [1.807, 2.05) is 0 Å². The molecular weight excluding hydrogens is 256 g/mol. The average Bonchev–Trinajstić information content (AvgIpc) is 2.73. The molecule has 0 bridgehead atoms. The Morgan fingerprint density at radius 2 is 1.90 bits per heavy atom. The summed E-state index contributed by atoms with van der Waals surface area (Å²) in [5.41, 5.74) is 5.88. The molecule has 0 unspecified atom stereocenters. The van der Waals surface area contributed by atoms with Crippen LogP contribution < -0.4 is 0 Å². The summed E-state index contributed by atoms with van der Waals surface area (Å²) in [4.78, 5) is 0. The van der Waals surface area contributed by atoms with Crippen molar-refractivity contribution in [2.24, 2.45) is 11.3 Å². The maximum Gasteiger partial charge on any atom is 0.0647 e. The molecule has 1 saturated carbocycles. The van der Waals surface area contributed by atoms with Crippen LogP contribution in [-0.2, 0) is 0 Å². The van der Waals surface area contributed by atoms with Gasteiger partial charge in [0.1, 0.15) is 0 Å². The van der Waals surface area contributed by atoms with Gasteiger partial charge in [0, 0.05) is 5.92 Å². The number of aliphatic hydroxyl groups is 1. The first-order valence-electron chi connectivity index (χ1n) is 8.50. The highest BCUT2D eigenvalue weighted by Gasteiger charge is 2.45. The number of rotatable bonds is 0. The van der Waals surface area contributed by atoms with Crippen LogP contribution in [0.1, 0.15) is 72.6 Å². The van der Waals surface area contributed by atoms with E-state index in [9.17, 15) is 5.11 Å². The molecule has 0 radical (unpaired) electrons. The second-order valence-corrected chi connectivity index (χ2v) is 7.77. The standard InChI is InChI=1S/C20H32O/c1-14(2)17-10-12-20(5)11-9-15(3)7-6-8-16(4)13-18(21)19(17)20/h8,18-19,21H,3,6-7,9-13H2,1-2,4-5H3/b16-8+/t18-,19+,20-/m1/s1. The maximum absolute atomic E-state index is 10.9. The minimum absolute atomic E-state index is 0.231. The molecule has 0 aliphatic heterocycles. The summed E-state index contributed by atoms with van der Waals surface area (Å²) in [6, 6.07) is 0. The van der Waals surface area contributed by atoms with Crippen molar-refractivity contribution in [3.63, 3.8) is 0 Å². The summed E-state index contributed by atoms with van der Waals surface area (Å²) in [5.74, 6) is 0.330. The zero-order valence-corrected chi connectivity index (χ0v) is 14.3. The van der Waals surface area contributed by atoms with Crippen molar-refractivity contribution in [3.05, 3.63) is 34.9 Å². The van der Waals surface area contributed by atoms with Gasteiger partial charge in [0.05, 0.1) is 6.10 Å². The summed E-state index contributed by atoms with van der Waals surface area (Å²) in [6.07, 6.45) is 9.73. The van der Waals surface area contributed by atoms with Crippen LogP contribution >= 0.6 is 0 Å². The molecule has 1 heteroatoms. The minimum Gasteiger partial charge on any atom is -0.392 e. The molecular formula is C20H32O. The van der Waals surface area contributed by atoms with E-state index in [1.54, 1.807) is 0 Å². The first kappa shape index (κ1) is 16.5. The van der Waals surface area contributed by atoms with Crippen molar-refractivity contribution in [1.82, 2.24) is 0 Å². The van der Waals surface area contributed by atoms with Gasteiger partial charge in [0.2, 0.25) is 0 Å². The Morgan fingerprint density at radius 1 is 1.24 bits per heavy atom. The molecule has 0 heterocycles. The summed E-state index contributed by atoms with van der Waals surface area (Å²) in [6.45, 7) is 13.2. The Hall–Kier alpha value is -0.820. The molecule has 3 atom stereocenters. The quantitative estimate of drug-likeness (QED) is 0.578. The molecule has 0 spiro atoms. The van der Waals surface area contributed by atoms with Crippen molar-refractivity contribution in [2.75, 3.05) is 0 Å². The lowest BCUT2D eigenvalue weighted by Gasteiger charge is -2.36. The third kappa shape index (κ3) is 3.69. The van der Waals surface area contributed by atoms with Crippen LogP contribution in [-0.4, -0.2) is 11.2 Å². The minimum atomic E-state index is -0.231. The molecule has 1 fully saturated rings. The molecule has 1 nitrogen and oxygen atoms in total. The van der Waals surface area contributed by atoms with Gasteiger partial charge in [-0.05, 0) is 71.1 Å². The Labute approximate surface area is 130 Å². The lowest BCUT2D eigenvalue weighted by atomic mass is 9.70. The fourth-order valence-electron chi connectivity index (χ4n) is 4.33. The molecule has 1 N–H and O–H groups in total. The normalized spacial score (nSPS) is 37.5. The molecule has 0 aromatic carbocycles. The van der Waals surface area contributed by atoms with Gasteiger partial charge in [-0.15, -0.1) is 0 Å². The van der Waals surface area contributed by atoms with E-state index in [2.05, 4.69) is 40.3 Å². The van der Waals surface area contributed by atoms with Crippen molar-refractivity contribution in [2.45, 2.75) is 78.7 Å². The predicted octanol–water partition coefficient (Wildman–Crippen LogP) is 5.57. The molecule has 118 valence electrons. The zero-order valence-electron chi connectivity index (χ0n) is 14.3. The van der Waals surface area contributed by atoms with E-state index in [0.29, 0.717) is 5.92 Å². The van der Waals surface area contributed by atoms with Gasteiger partial charge in [-0.1, -0.05) is 41.9 Å². The highest BCUT2D eigenvalue weighted by Crippen LogP contribution is 2.53. The number of allylic oxidation sites excluding steroid dienone is 3. The Morgan fingerprint density at radius 3 is 2.57 bits per heavy atom. The fraction of sp³-hybridized carbons (Fsp3) is 0.700. The lowest BCUT2D eigenvalue weighted by Crippen LogP contribution is -2.33. The highest BCUT2D eigenvalue weighted by molar-refractivity contribution is 5.25. The van der Waals surface area contributed by atoms with Crippen molar-refractivity contribution in [1.29, 1.82) is 0 Å². The van der Waals surface area contributed by atoms with Crippen LogP contribution in [0.15, 0.2) is 34.9 Å². The van der Waals surface area contributed by atoms with Crippen molar-refractivity contribution >= 4 is 0 Å². The second kappa shape index (κ2) is 6.52. The van der Waals surface area contributed by atoms with Gasteiger partial charge < -0.3 is 5.11 Å². The smallest absolute Gasteiger partial charge is 0.0647 e. The average molecular weight is 288 g/mol. The molecule has 2 aliphatic rings. The Bertz CT molecular complexity index is 464. The van der Waals surface area contributed by atoms with E-state index < -0.39 is 0 Å². The third-order valence-electron chi connectivity index (χ3n) is 5.69. The molecule has 21 heavy (non-hydrogen) atoms. The molecule has 0 saturated heterocycles. The summed E-state index contributed by atoms with van der Waals surface area (Å²) in [7, 11) is 0. The van der Waals surface area contributed by atoms with Crippen LogP contribution in [0.2, 0.25) is 0 Å². The number of hydrogen-bond acceptors (Lipinski definition) is 1. The highest BCUT2D eigenvalue weighted by atomic mass is 16.3. The van der Waals surface area contributed by atoms with Gasteiger partial charge in [-0.3, -0.25) is 0 Å². The number of aliphatic hydroxyl groups excluding tert-OH is 1. The van der Waals surface area contributed by atoms with Crippen LogP contribution in [0.5, 0.6) is 0 Å².